The van der Waals surface area contributed by atoms with E-state index in [4.69, 9.17) is 9.47 Å². The maximum atomic E-state index is 12.7. The fourth-order valence-corrected chi connectivity index (χ4v) is 3.33. The minimum atomic E-state index is -0.501. The van der Waals surface area contributed by atoms with Crippen molar-refractivity contribution in [1.29, 1.82) is 0 Å². The van der Waals surface area contributed by atoms with Crippen molar-refractivity contribution in [1.82, 2.24) is 10.7 Å². The number of carbonyl (C=O) groups excluding carboxylic acids is 2. The number of rotatable bonds is 11. The van der Waals surface area contributed by atoms with Gasteiger partial charge in [0.25, 0.3) is 5.91 Å². The Labute approximate surface area is 199 Å². The molecule has 0 radical (unpaired) electrons. The first kappa shape index (κ1) is 24.5. The Morgan fingerprint density at radius 1 is 0.882 bits per heavy atom. The van der Waals surface area contributed by atoms with Crippen LogP contribution in [0.3, 0.4) is 0 Å². The summed E-state index contributed by atoms with van der Waals surface area (Å²) in [5, 5.41) is 7.02. The molecule has 0 aromatic heterocycles. The minimum absolute atomic E-state index is 0.0351. The van der Waals surface area contributed by atoms with Crippen LogP contribution in [0, 0.1) is 0 Å². The zero-order valence-electron chi connectivity index (χ0n) is 19.4. The second-order valence-corrected chi connectivity index (χ2v) is 7.37. The van der Waals surface area contributed by atoms with E-state index in [1.54, 1.807) is 30.3 Å². The van der Waals surface area contributed by atoms with E-state index in [1.165, 1.54) is 6.21 Å². The molecule has 3 rings (SSSR count). The first-order valence-corrected chi connectivity index (χ1v) is 11.2. The molecular weight excluding hydrogens is 430 g/mol. The van der Waals surface area contributed by atoms with Crippen LogP contribution in [0.1, 0.15) is 47.8 Å². The third kappa shape index (κ3) is 7.20. The summed E-state index contributed by atoms with van der Waals surface area (Å²) >= 11 is 0. The predicted octanol–water partition coefficient (Wildman–Crippen LogP) is 4.50. The Morgan fingerprint density at radius 3 is 2.21 bits per heavy atom. The molecule has 176 valence electrons. The summed E-state index contributed by atoms with van der Waals surface area (Å²) < 4.78 is 11.2. The highest BCUT2D eigenvalue weighted by molar-refractivity contribution is 5.94. The van der Waals surface area contributed by atoms with E-state index in [0.29, 0.717) is 30.3 Å². The van der Waals surface area contributed by atoms with Crippen LogP contribution in [0.2, 0.25) is 0 Å². The molecule has 0 heterocycles. The van der Waals surface area contributed by atoms with Crippen molar-refractivity contribution >= 4 is 18.0 Å². The first-order chi connectivity index (χ1) is 16.6. The lowest BCUT2D eigenvalue weighted by atomic mass is 10.0. The summed E-state index contributed by atoms with van der Waals surface area (Å²) in [5.41, 5.74) is 4.66. The third-order valence-corrected chi connectivity index (χ3v) is 4.90. The Balaban J connectivity index is 1.66. The summed E-state index contributed by atoms with van der Waals surface area (Å²) in [6.07, 6.45) is 1.57. The van der Waals surface area contributed by atoms with Gasteiger partial charge in [-0.1, -0.05) is 48.5 Å². The second kappa shape index (κ2) is 12.8. The largest absolute Gasteiger partial charge is 0.490 e. The molecule has 1 atom stereocenters. The number of amides is 2. The van der Waals surface area contributed by atoms with Crippen LogP contribution < -0.4 is 20.2 Å². The molecule has 0 unspecified atom stereocenters. The van der Waals surface area contributed by atoms with Crippen LogP contribution in [-0.2, 0) is 4.79 Å². The number of nitrogens with one attached hydrogen (secondary N) is 2. The van der Waals surface area contributed by atoms with E-state index in [9.17, 15) is 9.59 Å². The van der Waals surface area contributed by atoms with E-state index in [1.807, 2.05) is 62.4 Å². The number of benzene rings is 3. The van der Waals surface area contributed by atoms with Crippen LogP contribution in [0.25, 0.3) is 0 Å². The summed E-state index contributed by atoms with van der Waals surface area (Å²) in [6, 6.07) is 23.2. The number of carbonyl (C=O) groups is 2. The highest BCUT2D eigenvalue weighted by atomic mass is 16.5. The van der Waals surface area contributed by atoms with Gasteiger partial charge >= 0.3 is 0 Å². The molecule has 0 spiro atoms. The zero-order valence-corrected chi connectivity index (χ0v) is 19.4. The normalized spacial score (nSPS) is 11.6. The molecule has 2 amide bonds. The van der Waals surface area contributed by atoms with Gasteiger partial charge in [-0.25, -0.2) is 5.43 Å². The summed E-state index contributed by atoms with van der Waals surface area (Å²) in [7, 11) is 0. The average molecular weight is 460 g/mol. The first-order valence-electron chi connectivity index (χ1n) is 11.2. The van der Waals surface area contributed by atoms with Gasteiger partial charge in [0.2, 0.25) is 5.91 Å². The van der Waals surface area contributed by atoms with Crippen LogP contribution in [0.15, 0.2) is 84.0 Å². The van der Waals surface area contributed by atoms with Crippen molar-refractivity contribution in [2.24, 2.45) is 5.10 Å². The molecule has 0 saturated carbocycles. The minimum Gasteiger partial charge on any atom is -0.490 e. The van der Waals surface area contributed by atoms with Gasteiger partial charge in [0.05, 0.1) is 31.9 Å². The third-order valence-electron chi connectivity index (χ3n) is 4.90. The van der Waals surface area contributed by atoms with Gasteiger partial charge in [0.1, 0.15) is 0 Å². The molecule has 0 aliphatic rings. The van der Waals surface area contributed by atoms with Crippen molar-refractivity contribution in [2.75, 3.05) is 13.2 Å². The SMILES string of the molecule is CCOc1ccc(/C=N\NC(=O)C[C@@H](NC(=O)c2ccccc2)c2ccccc2)cc1OCC. The summed E-state index contributed by atoms with van der Waals surface area (Å²) in [6.45, 7) is 4.85. The standard InChI is InChI=1S/C27H29N3O4/c1-3-33-24-16-15-20(17-25(24)34-4-2)19-28-30-26(31)18-23(21-11-7-5-8-12-21)29-27(32)22-13-9-6-10-14-22/h5-17,19,23H,3-4,18H2,1-2H3,(H,29,32)(H,30,31)/b28-19-/t23-/m1/s1. The lowest BCUT2D eigenvalue weighted by Crippen LogP contribution is -2.32. The van der Waals surface area contributed by atoms with E-state index in [0.717, 1.165) is 11.1 Å². The van der Waals surface area contributed by atoms with Gasteiger partial charge in [-0.2, -0.15) is 5.10 Å². The van der Waals surface area contributed by atoms with Crippen LogP contribution in [-0.4, -0.2) is 31.2 Å². The lowest BCUT2D eigenvalue weighted by Gasteiger charge is -2.18. The summed E-state index contributed by atoms with van der Waals surface area (Å²) in [4.78, 5) is 25.3. The molecule has 0 bridgehead atoms. The molecule has 2 N–H and O–H groups in total. The molecule has 0 aliphatic heterocycles. The van der Waals surface area contributed by atoms with E-state index >= 15 is 0 Å². The van der Waals surface area contributed by atoms with Crippen molar-refractivity contribution in [3.8, 4) is 11.5 Å². The van der Waals surface area contributed by atoms with Gasteiger partial charge in [-0.05, 0) is 55.3 Å². The Bertz CT molecular complexity index is 1100. The van der Waals surface area contributed by atoms with Crippen LogP contribution >= 0.6 is 0 Å². The van der Waals surface area contributed by atoms with Gasteiger partial charge in [-0.3, -0.25) is 9.59 Å². The van der Waals surface area contributed by atoms with Gasteiger partial charge in [-0.15, -0.1) is 0 Å². The molecule has 0 fully saturated rings. The van der Waals surface area contributed by atoms with Gasteiger partial charge in [0.15, 0.2) is 11.5 Å². The molecule has 34 heavy (non-hydrogen) atoms. The molecule has 7 nitrogen and oxygen atoms in total. The van der Waals surface area contributed by atoms with Crippen LogP contribution in [0.5, 0.6) is 11.5 Å². The molecule has 3 aromatic carbocycles. The Morgan fingerprint density at radius 2 is 1.53 bits per heavy atom. The number of hydrazone groups is 1. The number of ether oxygens (including phenoxy) is 2. The zero-order chi connectivity index (χ0) is 24.2. The Hall–Kier alpha value is -4.13. The van der Waals surface area contributed by atoms with E-state index < -0.39 is 6.04 Å². The number of hydrogen-bond acceptors (Lipinski definition) is 5. The van der Waals surface area contributed by atoms with Crippen LogP contribution in [0.4, 0.5) is 0 Å². The molecule has 0 aliphatic carbocycles. The quantitative estimate of drug-likeness (QED) is 0.327. The topological polar surface area (TPSA) is 89.0 Å². The monoisotopic (exact) mass is 459 g/mol. The highest BCUT2D eigenvalue weighted by Gasteiger charge is 2.19. The Kier molecular flexibility index (Phi) is 9.22. The second-order valence-electron chi connectivity index (χ2n) is 7.37. The average Bonchev–Trinajstić information content (AvgIpc) is 2.86. The van der Waals surface area contributed by atoms with Crippen molar-refractivity contribution in [2.45, 2.75) is 26.3 Å². The molecule has 3 aromatic rings. The van der Waals surface area contributed by atoms with Crippen molar-refractivity contribution in [3.05, 3.63) is 95.6 Å². The molecular formula is C27H29N3O4. The van der Waals surface area contributed by atoms with Gasteiger partial charge < -0.3 is 14.8 Å². The fourth-order valence-electron chi connectivity index (χ4n) is 3.33. The maximum absolute atomic E-state index is 12.7. The van der Waals surface area contributed by atoms with E-state index in [-0.39, 0.29) is 18.2 Å². The fraction of sp³-hybridized carbons (Fsp3) is 0.222. The summed E-state index contributed by atoms with van der Waals surface area (Å²) in [5.74, 6) is 0.704. The number of hydrogen-bond donors (Lipinski definition) is 2. The molecule has 0 saturated heterocycles. The van der Waals surface area contributed by atoms with Crippen molar-refractivity contribution in [3.63, 3.8) is 0 Å². The lowest BCUT2D eigenvalue weighted by molar-refractivity contribution is -0.121. The smallest absolute Gasteiger partial charge is 0.251 e. The predicted molar refractivity (Wildman–Crippen MR) is 132 cm³/mol. The van der Waals surface area contributed by atoms with Gasteiger partial charge in [0, 0.05) is 5.56 Å². The van der Waals surface area contributed by atoms with Crippen molar-refractivity contribution < 1.29 is 19.1 Å². The number of nitrogens with zero attached hydrogens (tertiary/aromatic N) is 1. The molecule has 7 heteroatoms. The highest BCUT2D eigenvalue weighted by Crippen LogP contribution is 2.28. The van der Waals surface area contributed by atoms with E-state index in [2.05, 4.69) is 15.8 Å². The maximum Gasteiger partial charge on any atom is 0.251 e.